The maximum atomic E-state index is 13.0. The van der Waals surface area contributed by atoms with E-state index in [-0.39, 0.29) is 17.9 Å². The number of nitrogens with zero attached hydrogens (tertiary/aromatic N) is 5. The average Bonchev–Trinajstić information content (AvgIpc) is 3.26. The molecule has 0 radical (unpaired) electrons. The number of nitrogens with one attached hydrogen (secondary N) is 1. The van der Waals surface area contributed by atoms with Crippen molar-refractivity contribution in [3.63, 3.8) is 0 Å². The highest BCUT2D eigenvalue weighted by Crippen LogP contribution is 2.33. The highest BCUT2D eigenvalue weighted by molar-refractivity contribution is 7.18. The minimum absolute atomic E-state index is 0.0108. The monoisotopic (exact) mass is 440 g/mol. The zero-order valence-corrected chi connectivity index (χ0v) is 18.5. The van der Waals surface area contributed by atoms with Gasteiger partial charge in [0, 0.05) is 43.8 Å². The van der Waals surface area contributed by atoms with Crippen molar-refractivity contribution in [3.05, 3.63) is 38.8 Å². The Morgan fingerprint density at radius 2 is 1.97 bits per heavy atom. The van der Waals surface area contributed by atoms with Crippen LogP contribution in [0.25, 0.3) is 10.2 Å². The van der Waals surface area contributed by atoms with Gasteiger partial charge in [0.25, 0.3) is 5.56 Å². The molecule has 5 rings (SSSR count). The third-order valence-corrected chi connectivity index (χ3v) is 7.58. The van der Waals surface area contributed by atoms with E-state index in [0.717, 1.165) is 60.5 Å². The van der Waals surface area contributed by atoms with Crippen molar-refractivity contribution in [1.29, 1.82) is 0 Å². The first-order valence-electron chi connectivity index (χ1n) is 11.4. The average molecular weight is 441 g/mol. The van der Waals surface area contributed by atoms with Gasteiger partial charge in [0.05, 0.1) is 11.7 Å². The minimum Gasteiger partial charge on any atom is -0.356 e. The lowest BCUT2D eigenvalue weighted by Crippen LogP contribution is -2.29. The van der Waals surface area contributed by atoms with Crippen LogP contribution in [0.5, 0.6) is 0 Å². The summed E-state index contributed by atoms with van der Waals surface area (Å²) < 4.78 is 3.79. The molecule has 1 N–H and O–H groups in total. The zero-order chi connectivity index (χ0) is 21.2. The Balaban J connectivity index is 1.18. The van der Waals surface area contributed by atoms with Gasteiger partial charge in [-0.15, -0.1) is 21.5 Å². The Hall–Kier alpha value is -2.55. The molecule has 1 amide bonds. The maximum absolute atomic E-state index is 13.0. The second kappa shape index (κ2) is 8.90. The first-order valence-corrected chi connectivity index (χ1v) is 12.2. The van der Waals surface area contributed by atoms with Gasteiger partial charge in [-0.25, -0.2) is 4.98 Å². The number of carbonyl (C=O) groups excluding carboxylic acids is 1. The molecule has 0 bridgehead atoms. The molecule has 1 aliphatic heterocycles. The lowest BCUT2D eigenvalue weighted by Gasteiger charge is -2.11. The maximum Gasteiger partial charge on any atom is 0.262 e. The van der Waals surface area contributed by atoms with E-state index in [1.54, 1.807) is 22.2 Å². The fourth-order valence-electron chi connectivity index (χ4n) is 4.69. The predicted octanol–water partition coefficient (Wildman–Crippen LogP) is 2.40. The Morgan fingerprint density at radius 1 is 1.10 bits per heavy atom. The molecule has 3 aromatic heterocycles. The molecular formula is C22H28N6O2S. The van der Waals surface area contributed by atoms with Crippen LogP contribution in [-0.2, 0) is 43.6 Å². The Kier molecular flexibility index (Phi) is 5.85. The summed E-state index contributed by atoms with van der Waals surface area (Å²) in [4.78, 5) is 32.0. The van der Waals surface area contributed by atoms with Crippen molar-refractivity contribution in [2.24, 2.45) is 0 Å². The van der Waals surface area contributed by atoms with E-state index >= 15 is 0 Å². The van der Waals surface area contributed by atoms with Gasteiger partial charge in [-0.05, 0) is 44.1 Å². The lowest BCUT2D eigenvalue weighted by molar-refractivity contribution is -0.121. The third-order valence-electron chi connectivity index (χ3n) is 6.38. The second-order valence-corrected chi connectivity index (χ2v) is 9.56. The fraction of sp³-hybridized carbons (Fsp3) is 0.591. The highest BCUT2D eigenvalue weighted by Gasteiger charge is 2.20. The molecule has 0 fully saturated rings. The molecule has 2 aliphatic rings. The van der Waals surface area contributed by atoms with E-state index in [9.17, 15) is 9.59 Å². The van der Waals surface area contributed by atoms with E-state index in [0.29, 0.717) is 19.5 Å². The minimum atomic E-state index is -0.0602. The van der Waals surface area contributed by atoms with Crippen LogP contribution in [0.4, 0.5) is 0 Å². The summed E-state index contributed by atoms with van der Waals surface area (Å²) in [6, 6.07) is 0. The van der Waals surface area contributed by atoms with E-state index in [1.807, 2.05) is 0 Å². The van der Waals surface area contributed by atoms with Crippen molar-refractivity contribution in [2.75, 3.05) is 6.54 Å². The number of hydrogen-bond acceptors (Lipinski definition) is 6. The number of thiophene rings is 1. The summed E-state index contributed by atoms with van der Waals surface area (Å²) in [7, 11) is 0. The Labute approximate surface area is 184 Å². The summed E-state index contributed by atoms with van der Waals surface area (Å²) in [5.41, 5.74) is 1.18. The SMILES string of the molecule is O=C(CCn1cnc2sc3c(c2c1=O)CCCC3)NCCc1nnc2n1CCCCC2. The summed E-state index contributed by atoms with van der Waals surface area (Å²) in [6.45, 7) is 1.84. The number of hydrogen-bond donors (Lipinski definition) is 1. The number of fused-ring (bicyclic) bond motifs is 4. The van der Waals surface area contributed by atoms with Crippen LogP contribution < -0.4 is 10.9 Å². The normalized spacial score (nSPS) is 16.0. The molecule has 9 heteroatoms. The molecule has 8 nitrogen and oxygen atoms in total. The zero-order valence-electron chi connectivity index (χ0n) is 17.7. The summed E-state index contributed by atoms with van der Waals surface area (Å²) >= 11 is 1.65. The number of aromatic nitrogens is 5. The van der Waals surface area contributed by atoms with Crippen LogP contribution in [0.3, 0.4) is 0 Å². The number of carbonyl (C=O) groups is 1. The quantitative estimate of drug-likeness (QED) is 0.635. The molecule has 0 spiro atoms. The first-order chi connectivity index (χ1) is 15.2. The van der Waals surface area contributed by atoms with Gasteiger partial charge in [0.15, 0.2) is 0 Å². The topological polar surface area (TPSA) is 94.7 Å². The molecular weight excluding hydrogens is 412 g/mol. The van der Waals surface area contributed by atoms with Crippen LogP contribution >= 0.6 is 11.3 Å². The molecule has 4 heterocycles. The lowest BCUT2D eigenvalue weighted by atomic mass is 9.97. The molecule has 0 aromatic carbocycles. The first kappa shape index (κ1) is 20.4. The van der Waals surface area contributed by atoms with Crippen molar-refractivity contribution in [1.82, 2.24) is 29.6 Å². The molecule has 0 atom stereocenters. The predicted molar refractivity (Wildman–Crippen MR) is 119 cm³/mol. The van der Waals surface area contributed by atoms with Gasteiger partial charge in [-0.3, -0.25) is 14.2 Å². The van der Waals surface area contributed by atoms with Crippen LogP contribution in [-0.4, -0.2) is 36.8 Å². The van der Waals surface area contributed by atoms with Crippen molar-refractivity contribution in [2.45, 2.75) is 77.3 Å². The van der Waals surface area contributed by atoms with E-state index in [4.69, 9.17) is 0 Å². The van der Waals surface area contributed by atoms with Crippen molar-refractivity contribution < 1.29 is 4.79 Å². The van der Waals surface area contributed by atoms with Crippen LogP contribution in [0.2, 0.25) is 0 Å². The summed E-state index contributed by atoms with van der Waals surface area (Å²) in [5.74, 6) is 1.96. The van der Waals surface area contributed by atoms with Crippen molar-refractivity contribution >= 4 is 27.5 Å². The Bertz CT molecular complexity index is 1160. The Morgan fingerprint density at radius 3 is 2.90 bits per heavy atom. The number of amides is 1. The smallest absolute Gasteiger partial charge is 0.262 e. The van der Waals surface area contributed by atoms with E-state index in [1.165, 1.54) is 29.7 Å². The van der Waals surface area contributed by atoms with E-state index < -0.39 is 0 Å². The highest BCUT2D eigenvalue weighted by atomic mass is 32.1. The summed E-state index contributed by atoms with van der Waals surface area (Å²) in [6.07, 6.45) is 11.4. The summed E-state index contributed by atoms with van der Waals surface area (Å²) in [5, 5.41) is 12.4. The molecule has 164 valence electrons. The molecule has 0 unspecified atom stereocenters. The van der Waals surface area contributed by atoms with Crippen LogP contribution in [0, 0.1) is 0 Å². The molecule has 0 saturated heterocycles. The van der Waals surface area contributed by atoms with Crippen molar-refractivity contribution in [3.8, 4) is 0 Å². The molecule has 31 heavy (non-hydrogen) atoms. The molecule has 0 saturated carbocycles. The van der Waals surface area contributed by atoms with Crippen LogP contribution in [0.1, 0.15) is 60.6 Å². The second-order valence-electron chi connectivity index (χ2n) is 8.48. The van der Waals surface area contributed by atoms with Gasteiger partial charge in [0.1, 0.15) is 16.5 Å². The largest absolute Gasteiger partial charge is 0.356 e. The van der Waals surface area contributed by atoms with Gasteiger partial charge in [0.2, 0.25) is 5.91 Å². The number of rotatable bonds is 6. The van der Waals surface area contributed by atoms with Gasteiger partial charge in [-0.2, -0.15) is 0 Å². The van der Waals surface area contributed by atoms with Crippen LogP contribution in [0.15, 0.2) is 11.1 Å². The molecule has 1 aliphatic carbocycles. The fourth-order valence-corrected chi connectivity index (χ4v) is 5.91. The van der Waals surface area contributed by atoms with Gasteiger partial charge >= 0.3 is 0 Å². The molecule has 3 aromatic rings. The standard InChI is InChI=1S/C22H28N6O2S/c29-19(23-11-9-18-26-25-17-8-2-1-5-12-28(17)18)10-13-27-14-24-21-20(22(27)30)15-6-3-4-7-16(15)31-21/h14H,1-13H2,(H,23,29). The number of aryl methyl sites for hydroxylation is 4. The van der Waals surface area contributed by atoms with Gasteiger partial charge in [-0.1, -0.05) is 6.42 Å². The third kappa shape index (κ3) is 4.15. The van der Waals surface area contributed by atoms with Gasteiger partial charge < -0.3 is 9.88 Å². The van der Waals surface area contributed by atoms with E-state index in [2.05, 4.69) is 25.1 Å².